The molecule has 0 spiro atoms. The van der Waals surface area contributed by atoms with Gasteiger partial charge in [0.1, 0.15) is 5.69 Å². The Morgan fingerprint density at radius 2 is 1.84 bits per heavy atom. The van der Waals surface area contributed by atoms with Gasteiger partial charge in [-0.15, -0.1) is 5.10 Å². The zero-order valence-electron chi connectivity index (χ0n) is 10.9. The molecule has 1 fully saturated rings. The molecule has 0 amide bonds. The maximum Gasteiger partial charge on any atom is 0.113 e. The average molecular weight is 258 g/mol. The summed E-state index contributed by atoms with van der Waals surface area (Å²) in [6, 6.07) is 10.1. The molecule has 1 aromatic carbocycles. The molecule has 1 saturated heterocycles. The lowest BCUT2D eigenvalue weighted by Gasteiger charge is -2.26. The molecular formula is C14H18N4O. The van der Waals surface area contributed by atoms with Crippen LogP contribution >= 0.6 is 0 Å². The summed E-state index contributed by atoms with van der Waals surface area (Å²) in [5, 5.41) is 8.41. The predicted octanol–water partition coefficient (Wildman–Crippen LogP) is 1.28. The molecule has 2 aromatic rings. The lowest BCUT2D eigenvalue weighted by molar-refractivity contribution is 0.0359. The first-order valence-electron chi connectivity index (χ1n) is 6.67. The number of rotatable bonds is 4. The van der Waals surface area contributed by atoms with E-state index in [9.17, 15) is 0 Å². The number of ether oxygens (including phenoxy) is 1. The summed E-state index contributed by atoms with van der Waals surface area (Å²) >= 11 is 0. The number of benzene rings is 1. The summed E-state index contributed by atoms with van der Waals surface area (Å²) in [7, 11) is 0. The standard InChI is InChI=1S/C14H18N4O/c1-2-4-13(5-3-1)14-12-18(16-15-14)7-6-17-8-10-19-11-9-17/h1-5,12H,6-11H2. The summed E-state index contributed by atoms with van der Waals surface area (Å²) in [5.41, 5.74) is 2.04. The van der Waals surface area contributed by atoms with Crippen LogP contribution in [0.15, 0.2) is 36.5 Å². The summed E-state index contributed by atoms with van der Waals surface area (Å²) in [5.74, 6) is 0. The third kappa shape index (κ3) is 3.19. The average Bonchev–Trinajstić information content (AvgIpc) is 2.96. The Balaban J connectivity index is 1.59. The molecule has 0 N–H and O–H groups in total. The second-order valence-corrected chi connectivity index (χ2v) is 4.69. The van der Waals surface area contributed by atoms with Gasteiger partial charge in [0.25, 0.3) is 0 Å². The molecule has 19 heavy (non-hydrogen) atoms. The number of aromatic nitrogens is 3. The van der Waals surface area contributed by atoms with Crippen molar-refractivity contribution in [2.75, 3.05) is 32.8 Å². The molecule has 100 valence electrons. The molecule has 1 aromatic heterocycles. The molecule has 5 heteroatoms. The molecule has 2 heterocycles. The van der Waals surface area contributed by atoms with Gasteiger partial charge in [0.2, 0.25) is 0 Å². The van der Waals surface area contributed by atoms with E-state index in [0.29, 0.717) is 0 Å². The smallest absolute Gasteiger partial charge is 0.113 e. The second-order valence-electron chi connectivity index (χ2n) is 4.69. The van der Waals surface area contributed by atoms with E-state index in [-0.39, 0.29) is 0 Å². The van der Waals surface area contributed by atoms with Gasteiger partial charge in [-0.1, -0.05) is 35.5 Å². The van der Waals surface area contributed by atoms with Crippen molar-refractivity contribution in [3.05, 3.63) is 36.5 Å². The monoisotopic (exact) mass is 258 g/mol. The first kappa shape index (κ1) is 12.3. The van der Waals surface area contributed by atoms with Gasteiger partial charge in [-0.25, -0.2) is 0 Å². The van der Waals surface area contributed by atoms with Crippen LogP contribution in [0.5, 0.6) is 0 Å². The van der Waals surface area contributed by atoms with E-state index in [1.54, 1.807) is 0 Å². The largest absolute Gasteiger partial charge is 0.379 e. The van der Waals surface area contributed by atoms with Crippen molar-refractivity contribution in [3.8, 4) is 11.3 Å². The van der Waals surface area contributed by atoms with Crippen LogP contribution in [0.3, 0.4) is 0 Å². The fraction of sp³-hybridized carbons (Fsp3) is 0.429. The van der Waals surface area contributed by atoms with Gasteiger partial charge >= 0.3 is 0 Å². The van der Waals surface area contributed by atoms with Crippen LogP contribution in [0, 0.1) is 0 Å². The second kappa shape index (κ2) is 5.95. The van der Waals surface area contributed by atoms with E-state index in [2.05, 4.69) is 27.3 Å². The van der Waals surface area contributed by atoms with Crippen LogP contribution in [0.2, 0.25) is 0 Å². The van der Waals surface area contributed by atoms with Gasteiger partial charge in [0.05, 0.1) is 26.0 Å². The summed E-state index contributed by atoms with van der Waals surface area (Å²) < 4.78 is 7.25. The zero-order chi connectivity index (χ0) is 12.9. The van der Waals surface area contributed by atoms with Gasteiger partial charge in [-0.3, -0.25) is 9.58 Å². The molecule has 0 atom stereocenters. The highest BCUT2D eigenvalue weighted by Gasteiger charge is 2.10. The highest BCUT2D eigenvalue weighted by molar-refractivity contribution is 5.56. The number of nitrogens with zero attached hydrogens (tertiary/aromatic N) is 4. The fourth-order valence-electron chi connectivity index (χ4n) is 2.22. The van der Waals surface area contributed by atoms with E-state index >= 15 is 0 Å². The molecule has 0 aliphatic carbocycles. The Hall–Kier alpha value is -1.72. The highest BCUT2D eigenvalue weighted by atomic mass is 16.5. The minimum atomic E-state index is 0.840. The Labute approximate surface area is 112 Å². The van der Waals surface area contributed by atoms with Crippen molar-refractivity contribution in [2.45, 2.75) is 6.54 Å². The van der Waals surface area contributed by atoms with Gasteiger partial charge in [0, 0.05) is 25.2 Å². The SMILES string of the molecule is c1ccc(-c2cn(CCN3CCOCC3)nn2)cc1. The van der Waals surface area contributed by atoms with Crippen molar-refractivity contribution in [2.24, 2.45) is 0 Å². The van der Waals surface area contributed by atoms with E-state index in [0.717, 1.165) is 50.7 Å². The van der Waals surface area contributed by atoms with Crippen molar-refractivity contribution in [1.29, 1.82) is 0 Å². The first-order chi connectivity index (χ1) is 9.42. The molecule has 3 rings (SSSR count). The lowest BCUT2D eigenvalue weighted by atomic mass is 10.2. The van der Waals surface area contributed by atoms with Crippen LogP contribution < -0.4 is 0 Å². The highest BCUT2D eigenvalue weighted by Crippen LogP contribution is 2.14. The van der Waals surface area contributed by atoms with Crippen molar-refractivity contribution in [1.82, 2.24) is 19.9 Å². The van der Waals surface area contributed by atoms with Crippen LogP contribution in [-0.4, -0.2) is 52.7 Å². The minimum absolute atomic E-state index is 0.840. The summed E-state index contributed by atoms with van der Waals surface area (Å²) in [6.07, 6.45) is 2.01. The normalized spacial score (nSPS) is 16.6. The van der Waals surface area contributed by atoms with Gasteiger partial charge in [0.15, 0.2) is 0 Å². The van der Waals surface area contributed by atoms with E-state index in [4.69, 9.17) is 4.74 Å². The third-order valence-electron chi connectivity index (χ3n) is 3.36. The van der Waals surface area contributed by atoms with Gasteiger partial charge < -0.3 is 4.74 Å². The molecule has 0 unspecified atom stereocenters. The van der Waals surface area contributed by atoms with E-state index in [1.165, 1.54) is 0 Å². The fourth-order valence-corrected chi connectivity index (χ4v) is 2.22. The Kier molecular flexibility index (Phi) is 3.86. The maximum absolute atomic E-state index is 5.34. The molecule has 1 aliphatic heterocycles. The van der Waals surface area contributed by atoms with Crippen molar-refractivity contribution >= 4 is 0 Å². The van der Waals surface area contributed by atoms with E-state index in [1.807, 2.05) is 29.1 Å². The Morgan fingerprint density at radius 1 is 1.05 bits per heavy atom. The van der Waals surface area contributed by atoms with Crippen LogP contribution in [0.4, 0.5) is 0 Å². The van der Waals surface area contributed by atoms with Crippen LogP contribution in [0.1, 0.15) is 0 Å². The topological polar surface area (TPSA) is 43.2 Å². The Morgan fingerprint density at radius 3 is 2.63 bits per heavy atom. The van der Waals surface area contributed by atoms with Crippen LogP contribution in [-0.2, 0) is 11.3 Å². The van der Waals surface area contributed by atoms with Crippen molar-refractivity contribution < 1.29 is 4.74 Å². The minimum Gasteiger partial charge on any atom is -0.379 e. The molecule has 0 radical (unpaired) electrons. The first-order valence-corrected chi connectivity index (χ1v) is 6.67. The zero-order valence-corrected chi connectivity index (χ0v) is 10.9. The number of hydrogen-bond donors (Lipinski definition) is 0. The van der Waals surface area contributed by atoms with Gasteiger partial charge in [-0.2, -0.15) is 0 Å². The summed E-state index contributed by atoms with van der Waals surface area (Å²) in [6.45, 7) is 5.58. The molecule has 0 bridgehead atoms. The van der Waals surface area contributed by atoms with E-state index < -0.39 is 0 Å². The quantitative estimate of drug-likeness (QED) is 0.828. The third-order valence-corrected chi connectivity index (χ3v) is 3.36. The molecular weight excluding hydrogens is 240 g/mol. The lowest BCUT2D eigenvalue weighted by Crippen LogP contribution is -2.38. The summed E-state index contributed by atoms with van der Waals surface area (Å²) in [4.78, 5) is 2.40. The Bertz CT molecular complexity index is 505. The number of morpholine rings is 1. The molecule has 5 nitrogen and oxygen atoms in total. The molecule has 1 aliphatic rings. The maximum atomic E-state index is 5.34. The molecule has 0 saturated carbocycles. The number of hydrogen-bond acceptors (Lipinski definition) is 4. The van der Waals surface area contributed by atoms with Gasteiger partial charge in [-0.05, 0) is 0 Å². The van der Waals surface area contributed by atoms with Crippen LogP contribution in [0.25, 0.3) is 11.3 Å². The van der Waals surface area contributed by atoms with Crippen molar-refractivity contribution in [3.63, 3.8) is 0 Å². The predicted molar refractivity (Wildman–Crippen MR) is 72.7 cm³/mol.